The summed E-state index contributed by atoms with van der Waals surface area (Å²) in [6, 6.07) is 1.73. The minimum Gasteiger partial charge on any atom is -0.447 e. The third-order valence-electron chi connectivity index (χ3n) is 10.2. The van der Waals surface area contributed by atoms with Gasteiger partial charge in [0.15, 0.2) is 18.1 Å². The van der Waals surface area contributed by atoms with E-state index in [2.05, 4.69) is 0 Å². The average molecular weight is 550 g/mol. The number of ketones is 1. The highest BCUT2D eigenvalue weighted by Gasteiger charge is 2.78. The number of carbonyl (C=O) groups excluding carboxylic acids is 3. The van der Waals surface area contributed by atoms with Gasteiger partial charge in [-0.2, -0.15) is 5.26 Å². The summed E-state index contributed by atoms with van der Waals surface area (Å²) in [5.74, 6) is -4.54. The van der Waals surface area contributed by atoms with Gasteiger partial charge in [-0.1, -0.05) is 33.8 Å². The van der Waals surface area contributed by atoms with Crippen molar-refractivity contribution in [3.63, 3.8) is 0 Å². The number of halogens is 2. The fourth-order valence-electron chi connectivity index (χ4n) is 7.84. The first kappa shape index (κ1) is 29.2. The van der Waals surface area contributed by atoms with E-state index in [1.807, 2.05) is 13.8 Å². The Kier molecular flexibility index (Phi) is 7.25. The van der Waals surface area contributed by atoms with Crippen molar-refractivity contribution in [3.05, 3.63) is 23.6 Å². The van der Waals surface area contributed by atoms with Crippen LogP contribution >= 0.6 is 0 Å². The molecule has 8 nitrogen and oxygen atoms in total. The van der Waals surface area contributed by atoms with Crippen LogP contribution in [0, 0.1) is 45.8 Å². The average Bonchev–Trinajstić information content (AvgIpc) is 3.07. The molecule has 0 spiro atoms. The number of aliphatic hydroxyl groups excluding tert-OH is 1. The minimum atomic E-state index is -2.35. The lowest BCUT2D eigenvalue weighted by atomic mass is 9.45. The molecule has 0 aromatic heterocycles. The maximum Gasteiger partial charge on any atom is 0.509 e. The quantitative estimate of drug-likeness (QED) is 0.480. The van der Waals surface area contributed by atoms with Gasteiger partial charge in [0.2, 0.25) is 5.60 Å². The molecule has 214 valence electrons. The highest BCUT2D eigenvalue weighted by molar-refractivity contribution is 5.93. The molecule has 0 heterocycles. The van der Waals surface area contributed by atoms with E-state index >= 15 is 8.78 Å². The molecule has 10 heteroatoms. The number of fused-ring (bicyclic) bond motifs is 5. The number of nitrogens with zero attached hydrogens (tertiary/aromatic N) is 1. The number of hydrogen-bond acceptors (Lipinski definition) is 8. The van der Waals surface area contributed by atoms with Gasteiger partial charge in [0.25, 0.3) is 0 Å². The van der Waals surface area contributed by atoms with Gasteiger partial charge < -0.3 is 19.3 Å². The highest BCUT2D eigenvalue weighted by Crippen LogP contribution is 2.71. The smallest absolute Gasteiger partial charge is 0.447 e. The summed E-state index contributed by atoms with van der Waals surface area (Å²) in [4.78, 5) is 38.8. The Hall–Kier alpha value is -2.80. The summed E-state index contributed by atoms with van der Waals surface area (Å²) < 4.78 is 49.6. The maximum atomic E-state index is 17.4. The Morgan fingerprint density at radius 2 is 1.92 bits per heavy atom. The summed E-state index contributed by atoms with van der Waals surface area (Å²) in [5.41, 5.74) is -7.30. The van der Waals surface area contributed by atoms with Crippen molar-refractivity contribution in [1.82, 2.24) is 0 Å². The predicted octanol–water partition coefficient (Wildman–Crippen LogP) is 4.90. The van der Waals surface area contributed by atoms with Crippen LogP contribution in [0.4, 0.5) is 13.6 Å². The zero-order valence-electron chi connectivity index (χ0n) is 23.3. The fourth-order valence-corrected chi connectivity index (χ4v) is 7.84. The van der Waals surface area contributed by atoms with Crippen LogP contribution in [-0.4, -0.2) is 53.1 Å². The second-order valence-electron chi connectivity index (χ2n) is 12.4. The fraction of sp³-hybridized carbons (Fsp3) is 0.724. The second kappa shape index (κ2) is 9.69. The van der Waals surface area contributed by atoms with Crippen LogP contribution in [0.3, 0.4) is 0 Å². The van der Waals surface area contributed by atoms with E-state index in [1.165, 1.54) is 19.1 Å². The Balaban J connectivity index is 1.83. The number of aliphatic hydroxyl groups is 1. The van der Waals surface area contributed by atoms with E-state index in [1.54, 1.807) is 26.8 Å². The summed E-state index contributed by atoms with van der Waals surface area (Å²) in [6.45, 7) is 9.53. The molecule has 1 unspecified atom stereocenters. The number of alkyl halides is 1. The lowest BCUT2D eigenvalue weighted by Crippen LogP contribution is -2.70. The van der Waals surface area contributed by atoms with E-state index < -0.39 is 76.6 Å². The van der Waals surface area contributed by atoms with Gasteiger partial charge in [-0.05, 0) is 50.2 Å². The second-order valence-corrected chi connectivity index (χ2v) is 12.4. The van der Waals surface area contributed by atoms with Crippen molar-refractivity contribution in [1.29, 1.82) is 5.26 Å². The number of esters is 1. The molecule has 0 aromatic rings. The van der Waals surface area contributed by atoms with Crippen molar-refractivity contribution in [2.24, 2.45) is 34.5 Å². The van der Waals surface area contributed by atoms with E-state index in [0.717, 1.165) is 0 Å². The normalized spacial score (nSPS) is 41.7. The van der Waals surface area contributed by atoms with Crippen LogP contribution in [-0.2, 0) is 23.8 Å². The zero-order valence-corrected chi connectivity index (χ0v) is 23.3. The van der Waals surface area contributed by atoms with Crippen molar-refractivity contribution in [2.75, 3.05) is 6.61 Å². The summed E-state index contributed by atoms with van der Waals surface area (Å²) in [5, 5.41) is 20.6. The van der Waals surface area contributed by atoms with Gasteiger partial charge in [-0.3, -0.25) is 4.79 Å². The molecule has 0 bridgehead atoms. The lowest BCUT2D eigenvalue weighted by Gasteiger charge is -2.62. The number of allylic oxidation sites excluding steroid dienone is 4. The molecule has 0 radical (unpaired) electrons. The number of carbonyl (C=O) groups is 3. The van der Waals surface area contributed by atoms with Crippen molar-refractivity contribution < 1.29 is 42.5 Å². The van der Waals surface area contributed by atoms with Crippen LogP contribution in [0.5, 0.6) is 0 Å². The highest BCUT2D eigenvalue weighted by atomic mass is 19.1. The Bertz CT molecular complexity index is 1180. The first-order chi connectivity index (χ1) is 18.1. The van der Waals surface area contributed by atoms with Crippen LogP contribution < -0.4 is 0 Å². The number of rotatable bonds is 5. The molecule has 4 aliphatic rings. The van der Waals surface area contributed by atoms with Gasteiger partial charge in [0, 0.05) is 35.5 Å². The molecule has 4 rings (SSSR count). The van der Waals surface area contributed by atoms with Crippen molar-refractivity contribution >= 4 is 17.9 Å². The van der Waals surface area contributed by atoms with Gasteiger partial charge in [-0.15, -0.1) is 0 Å². The summed E-state index contributed by atoms with van der Waals surface area (Å²) in [7, 11) is 0. The van der Waals surface area contributed by atoms with E-state index in [0.29, 0.717) is 0 Å². The molecule has 2 saturated carbocycles. The van der Waals surface area contributed by atoms with Crippen LogP contribution in [0.1, 0.15) is 67.2 Å². The van der Waals surface area contributed by atoms with Crippen LogP contribution in [0.15, 0.2) is 23.6 Å². The van der Waals surface area contributed by atoms with Gasteiger partial charge in [0.1, 0.15) is 18.0 Å². The molecule has 39 heavy (non-hydrogen) atoms. The van der Waals surface area contributed by atoms with Crippen molar-refractivity contribution in [2.45, 2.75) is 90.7 Å². The number of ether oxygens (including phenoxy) is 3. The number of hydrogen-bond donors (Lipinski definition) is 1. The maximum absolute atomic E-state index is 17.4. The zero-order chi connectivity index (χ0) is 29.1. The predicted molar refractivity (Wildman–Crippen MR) is 134 cm³/mol. The van der Waals surface area contributed by atoms with Crippen LogP contribution in [0.2, 0.25) is 0 Å². The first-order valence-corrected chi connectivity index (χ1v) is 13.5. The summed E-state index contributed by atoms with van der Waals surface area (Å²) in [6.07, 6.45) is -1.57. The molecule has 4 aliphatic carbocycles. The van der Waals surface area contributed by atoms with Crippen molar-refractivity contribution in [3.8, 4) is 6.07 Å². The third kappa shape index (κ3) is 3.94. The molecule has 0 aromatic carbocycles. The van der Waals surface area contributed by atoms with Gasteiger partial charge in [0.05, 0.1) is 6.10 Å². The molecule has 0 amide bonds. The van der Waals surface area contributed by atoms with Gasteiger partial charge in [-0.25, -0.2) is 18.4 Å². The third-order valence-corrected chi connectivity index (χ3v) is 10.2. The molecular formula is C29H37F2NO7. The largest absolute Gasteiger partial charge is 0.509 e. The minimum absolute atomic E-state index is 0.0321. The first-order valence-electron chi connectivity index (χ1n) is 13.5. The summed E-state index contributed by atoms with van der Waals surface area (Å²) >= 11 is 0. The monoisotopic (exact) mass is 549 g/mol. The van der Waals surface area contributed by atoms with Crippen LogP contribution in [0.25, 0.3) is 0 Å². The van der Waals surface area contributed by atoms with E-state index in [4.69, 9.17) is 19.5 Å². The molecule has 2 fully saturated rings. The Morgan fingerprint density at radius 1 is 1.26 bits per heavy atom. The Morgan fingerprint density at radius 3 is 2.54 bits per heavy atom. The van der Waals surface area contributed by atoms with Gasteiger partial charge >= 0.3 is 12.1 Å². The van der Waals surface area contributed by atoms with E-state index in [9.17, 15) is 19.5 Å². The number of nitriles is 1. The SMILES string of the molecule is CC(C)C(C)OC(=O)O[C@]1(C(=O)OCC#N)[C@H](C)C[C@H]2[C@@H]3CC(F)=C4CC(=O)C=C[C@]4(C)[C@@]3(F)[C@@H](O)C[C@@]21C. The Labute approximate surface area is 227 Å². The van der Waals surface area contributed by atoms with E-state index in [-0.39, 0.29) is 43.0 Å². The standard InChI is InChI=1S/C29H37F2NO7/c1-15(2)17(4)38-25(36)39-29(24(35)37-10-9-32)16(3)11-19-20-13-22(30)21-12-18(33)7-8-26(21,5)28(20,31)23(34)14-27(19,29)6/h7-8,15-17,19-20,23,34H,10-14H2,1-6H3/t16-,17?,19+,20+,23+,26+,27+,28+,29+/m1/s1. The molecule has 9 atom stereocenters. The molecule has 0 aliphatic heterocycles. The topological polar surface area (TPSA) is 123 Å². The molecular weight excluding hydrogens is 512 g/mol. The lowest BCUT2D eigenvalue weighted by molar-refractivity contribution is -0.228. The molecule has 1 N–H and O–H groups in total. The molecule has 0 saturated heterocycles.